The lowest BCUT2D eigenvalue weighted by Gasteiger charge is -2.13. The summed E-state index contributed by atoms with van der Waals surface area (Å²) in [6.45, 7) is 8.59. The lowest BCUT2D eigenvalue weighted by atomic mass is 9.95. The number of rotatable bonds is 6. The maximum absolute atomic E-state index is 3.51. The zero-order chi connectivity index (χ0) is 14.4. The van der Waals surface area contributed by atoms with Gasteiger partial charge in [-0.2, -0.15) is 0 Å². The first-order valence-electron chi connectivity index (χ1n) is 7.64. The molecule has 0 saturated carbocycles. The fraction of sp³-hybridized carbons (Fsp3) is 0.368. The van der Waals surface area contributed by atoms with Crippen LogP contribution in [0.25, 0.3) is 11.1 Å². The van der Waals surface area contributed by atoms with E-state index in [1.54, 1.807) is 0 Å². The molecule has 0 atom stereocenters. The zero-order valence-corrected chi connectivity index (χ0v) is 12.9. The highest BCUT2D eigenvalue weighted by molar-refractivity contribution is 5.68. The van der Waals surface area contributed by atoms with Gasteiger partial charge >= 0.3 is 0 Å². The van der Waals surface area contributed by atoms with Crippen molar-refractivity contribution >= 4 is 0 Å². The Balaban J connectivity index is 2.34. The van der Waals surface area contributed by atoms with Gasteiger partial charge in [-0.3, -0.25) is 0 Å². The fourth-order valence-electron chi connectivity index (χ4n) is 2.47. The normalized spacial score (nSPS) is 10.8. The molecule has 0 aliphatic carbocycles. The van der Waals surface area contributed by atoms with Crippen molar-refractivity contribution in [1.82, 2.24) is 5.32 Å². The summed E-state index contributed by atoms with van der Waals surface area (Å²) in [5.41, 5.74) is 6.81. The molecule has 0 aromatic heterocycles. The van der Waals surface area contributed by atoms with Crippen LogP contribution in [0.1, 0.15) is 37.0 Å². The predicted molar refractivity (Wildman–Crippen MR) is 88.0 cm³/mol. The average Bonchev–Trinajstić information content (AvgIpc) is 2.49. The third kappa shape index (κ3) is 3.71. The number of nitrogens with one attached hydrogen (secondary N) is 1. The highest BCUT2D eigenvalue weighted by Crippen LogP contribution is 2.26. The van der Waals surface area contributed by atoms with Gasteiger partial charge in [-0.1, -0.05) is 61.9 Å². The van der Waals surface area contributed by atoms with Crippen LogP contribution in [0.5, 0.6) is 0 Å². The maximum Gasteiger partial charge on any atom is 0.0211 e. The first kappa shape index (κ1) is 14.8. The summed E-state index contributed by atoms with van der Waals surface area (Å²) in [7, 11) is 0. The molecule has 1 N–H and O–H groups in total. The quantitative estimate of drug-likeness (QED) is 0.746. The van der Waals surface area contributed by atoms with Gasteiger partial charge in [-0.25, -0.2) is 0 Å². The van der Waals surface area contributed by atoms with Crippen LogP contribution in [0, 0.1) is 6.92 Å². The molecule has 0 spiro atoms. The highest BCUT2D eigenvalue weighted by atomic mass is 14.8. The van der Waals surface area contributed by atoms with E-state index in [2.05, 4.69) is 68.6 Å². The van der Waals surface area contributed by atoms with E-state index in [0.717, 1.165) is 19.5 Å². The number of hydrogen-bond acceptors (Lipinski definition) is 1. The van der Waals surface area contributed by atoms with Crippen LogP contribution in [0.3, 0.4) is 0 Å². The Bertz CT molecular complexity index is 557. The summed E-state index contributed by atoms with van der Waals surface area (Å²) in [6, 6.07) is 15.7. The molecule has 0 bridgehead atoms. The van der Waals surface area contributed by atoms with Gasteiger partial charge in [0, 0.05) is 6.54 Å². The van der Waals surface area contributed by atoms with E-state index in [1.807, 2.05) is 0 Å². The van der Waals surface area contributed by atoms with Gasteiger partial charge in [-0.15, -0.1) is 0 Å². The minimum atomic E-state index is 0.944. The molecule has 0 fully saturated rings. The Kier molecular flexibility index (Phi) is 5.37. The second kappa shape index (κ2) is 7.25. The molecule has 0 saturated heterocycles. The SMILES string of the molecule is CCCNCc1ccc(C)cc1-c1cccc(CC)c1. The number of benzene rings is 2. The van der Waals surface area contributed by atoms with Gasteiger partial charge in [0.25, 0.3) is 0 Å². The molecular formula is C19H25N. The lowest BCUT2D eigenvalue weighted by molar-refractivity contribution is 0.676. The molecule has 2 aromatic carbocycles. The Morgan fingerprint density at radius 3 is 2.60 bits per heavy atom. The zero-order valence-electron chi connectivity index (χ0n) is 12.9. The third-order valence-electron chi connectivity index (χ3n) is 3.65. The van der Waals surface area contributed by atoms with Crippen molar-refractivity contribution in [2.45, 2.75) is 40.2 Å². The van der Waals surface area contributed by atoms with Gasteiger partial charge in [0.05, 0.1) is 0 Å². The average molecular weight is 267 g/mol. The molecule has 1 nitrogen and oxygen atoms in total. The molecule has 0 aliphatic rings. The third-order valence-corrected chi connectivity index (χ3v) is 3.65. The van der Waals surface area contributed by atoms with Crippen LogP contribution in [0.4, 0.5) is 0 Å². The minimum absolute atomic E-state index is 0.944. The second-order valence-electron chi connectivity index (χ2n) is 5.39. The molecule has 2 aromatic rings. The standard InChI is InChI=1S/C19H25N/c1-4-11-20-14-18-10-9-15(3)12-19(18)17-8-6-7-16(5-2)13-17/h6-10,12-13,20H,4-5,11,14H2,1-3H3. The van der Waals surface area contributed by atoms with E-state index in [4.69, 9.17) is 0 Å². The van der Waals surface area contributed by atoms with Crippen molar-refractivity contribution < 1.29 is 0 Å². The molecule has 2 rings (SSSR count). The summed E-state index contributed by atoms with van der Waals surface area (Å²) in [4.78, 5) is 0. The first-order valence-corrected chi connectivity index (χ1v) is 7.64. The summed E-state index contributed by atoms with van der Waals surface area (Å²) in [5.74, 6) is 0. The van der Waals surface area contributed by atoms with Crippen LogP contribution in [-0.4, -0.2) is 6.54 Å². The van der Waals surface area contributed by atoms with Crippen molar-refractivity contribution in [2.75, 3.05) is 6.54 Å². The molecule has 0 heterocycles. The summed E-state index contributed by atoms with van der Waals surface area (Å²) in [6.07, 6.45) is 2.26. The number of hydrogen-bond donors (Lipinski definition) is 1. The van der Waals surface area contributed by atoms with Gasteiger partial charge in [0.2, 0.25) is 0 Å². The molecule has 106 valence electrons. The Morgan fingerprint density at radius 1 is 1.00 bits per heavy atom. The Hall–Kier alpha value is -1.60. The van der Waals surface area contributed by atoms with E-state index in [0.29, 0.717) is 0 Å². The maximum atomic E-state index is 3.51. The van der Waals surface area contributed by atoms with E-state index >= 15 is 0 Å². The van der Waals surface area contributed by atoms with Gasteiger partial charge in [-0.05, 0) is 48.6 Å². The van der Waals surface area contributed by atoms with Crippen molar-refractivity contribution in [3.05, 3.63) is 59.2 Å². The highest BCUT2D eigenvalue weighted by Gasteiger charge is 2.06. The molecule has 0 radical (unpaired) electrons. The van der Waals surface area contributed by atoms with E-state index in [-0.39, 0.29) is 0 Å². The first-order chi connectivity index (χ1) is 9.74. The van der Waals surface area contributed by atoms with Crippen molar-refractivity contribution in [3.63, 3.8) is 0 Å². The van der Waals surface area contributed by atoms with E-state index in [9.17, 15) is 0 Å². The van der Waals surface area contributed by atoms with E-state index in [1.165, 1.54) is 34.2 Å². The van der Waals surface area contributed by atoms with Crippen LogP contribution >= 0.6 is 0 Å². The Morgan fingerprint density at radius 2 is 1.85 bits per heavy atom. The van der Waals surface area contributed by atoms with Gasteiger partial charge in [0.15, 0.2) is 0 Å². The van der Waals surface area contributed by atoms with Crippen molar-refractivity contribution in [1.29, 1.82) is 0 Å². The lowest BCUT2D eigenvalue weighted by Crippen LogP contribution is -2.14. The van der Waals surface area contributed by atoms with Crippen LogP contribution in [0.15, 0.2) is 42.5 Å². The smallest absolute Gasteiger partial charge is 0.0211 e. The van der Waals surface area contributed by atoms with Crippen LogP contribution in [-0.2, 0) is 13.0 Å². The molecular weight excluding hydrogens is 242 g/mol. The largest absolute Gasteiger partial charge is 0.313 e. The summed E-state index contributed by atoms with van der Waals surface area (Å²) in [5, 5.41) is 3.51. The fourth-order valence-corrected chi connectivity index (χ4v) is 2.47. The van der Waals surface area contributed by atoms with Crippen LogP contribution in [0.2, 0.25) is 0 Å². The molecule has 0 aliphatic heterocycles. The monoisotopic (exact) mass is 267 g/mol. The summed E-state index contributed by atoms with van der Waals surface area (Å²) < 4.78 is 0. The van der Waals surface area contributed by atoms with Crippen molar-refractivity contribution in [2.24, 2.45) is 0 Å². The van der Waals surface area contributed by atoms with Gasteiger partial charge in [0.1, 0.15) is 0 Å². The topological polar surface area (TPSA) is 12.0 Å². The minimum Gasteiger partial charge on any atom is -0.313 e. The molecule has 0 amide bonds. The summed E-state index contributed by atoms with van der Waals surface area (Å²) >= 11 is 0. The van der Waals surface area contributed by atoms with E-state index < -0.39 is 0 Å². The molecule has 20 heavy (non-hydrogen) atoms. The molecule has 1 heteroatoms. The van der Waals surface area contributed by atoms with Gasteiger partial charge < -0.3 is 5.32 Å². The van der Waals surface area contributed by atoms with Crippen molar-refractivity contribution in [3.8, 4) is 11.1 Å². The second-order valence-corrected chi connectivity index (χ2v) is 5.39. The number of aryl methyl sites for hydroxylation is 2. The Labute approximate surface area is 123 Å². The predicted octanol–water partition coefficient (Wildman–Crippen LogP) is 4.72. The van der Waals surface area contributed by atoms with Crippen LogP contribution < -0.4 is 5.32 Å². The molecule has 0 unspecified atom stereocenters.